The zero-order chi connectivity index (χ0) is 15.4. The van der Waals surface area contributed by atoms with Crippen molar-refractivity contribution in [3.05, 3.63) is 39.9 Å². The van der Waals surface area contributed by atoms with E-state index in [-0.39, 0.29) is 18.3 Å². The highest BCUT2D eigenvalue weighted by atomic mass is 16.6. The van der Waals surface area contributed by atoms with E-state index in [0.717, 1.165) is 31.7 Å². The molecular weight excluding hydrogens is 274 g/mol. The van der Waals surface area contributed by atoms with Crippen LogP contribution in [0, 0.1) is 10.1 Å². The molecule has 21 heavy (non-hydrogen) atoms. The lowest BCUT2D eigenvalue weighted by Crippen LogP contribution is -2.48. The minimum Gasteiger partial charge on any atom is -0.480 e. The molecule has 1 heterocycles. The molecule has 7 nitrogen and oxygen atoms in total. The maximum Gasteiger partial charge on any atom is 0.317 e. The first-order valence-electron chi connectivity index (χ1n) is 6.90. The molecule has 0 saturated carbocycles. The fourth-order valence-corrected chi connectivity index (χ4v) is 2.59. The van der Waals surface area contributed by atoms with Gasteiger partial charge in [0.2, 0.25) is 0 Å². The summed E-state index contributed by atoms with van der Waals surface area (Å²) in [5.41, 5.74) is 1.13. The molecule has 0 radical (unpaired) electrons. The molecule has 1 aliphatic heterocycles. The Morgan fingerprint density at radius 2 is 1.86 bits per heavy atom. The highest BCUT2D eigenvalue weighted by Gasteiger charge is 2.23. The molecule has 0 amide bonds. The number of benzene rings is 1. The largest absolute Gasteiger partial charge is 0.480 e. The maximum absolute atomic E-state index is 10.7. The van der Waals surface area contributed by atoms with Crippen molar-refractivity contribution in [1.29, 1.82) is 0 Å². The normalized spacial score (nSPS) is 18.3. The van der Waals surface area contributed by atoms with Crippen LogP contribution in [0.5, 0.6) is 0 Å². The smallest absolute Gasteiger partial charge is 0.317 e. The summed E-state index contributed by atoms with van der Waals surface area (Å²) in [6, 6.07) is 6.77. The van der Waals surface area contributed by atoms with Crippen LogP contribution < -0.4 is 0 Å². The molecule has 114 valence electrons. The summed E-state index contributed by atoms with van der Waals surface area (Å²) < 4.78 is 0. The SMILES string of the molecule is CC(c1ccc([N+](=O)[O-])cc1)N1CCN(CC(=O)O)CC1. The molecule has 0 spiro atoms. The van der Waals surface area contributed by atoms with Gasteiger partial charge in [0.05, 0.1) is 11.5 Å². The van der Waals surface area contributed by atoms with Crippen LogP contribution in [0.4, 0.5) is 5.69 Å². The molecule has 1 aliphatic rings. The fraction of sp³-hybridized carbons (Fsp3) is 0.500. The molecule has 0 aromatic heterocycles. The van der Waals surface area contributed by atoms with Crippen LogP contribution in [-0.2, 0) is 4.79 Å². The second kappa shape index (κ2) is 6.64. The lowest BCUT2D eigenvalue weighted by Gasteiger charge is -2.37. The van der Waals surface area contributed by atoms with E-state index >= 15 is 0 Å². The lowest BCUT2D eigenvalue weighted by atomic mass is 10.1. The van der Waals surface area contributed by atoms with Gasteiger partial charge in [0.15, 0.2) is 0 Å². The number of aliphatic carboxylic acids is 1. The van der Waals surface area contributed by atoms with Gasteiger partial charge in [-0.1, -0.05) is 12.1 Å². The number of rotatable bonds is 5. The highest BCUT2D eigenvalue weighted by Crippen LogP contribution is 2.23. The number of nitrogens with zero attached hydrogens (tertiary/aromatic N) is 3. The molecule has 1 aromatic carbocycles. The number of non-ortho nitro benzene ring substituents is 1. The number of piperazine rings is 1. The van der Waals surface area contributed by atoms with Crippen molar-refractivity contribution in [1.82, 2.24) is 9.80 Å². The first-order valence-corrected chi connectivity index (χ1v) is 6.90. The highest BCUT2D eigenvalue weighted by molar-refractivity contribution is 5.69. The van der Waals surface area contributed by atoms with Crippen LogP contribution in [0.25, 0.3) is 0 Å². The van der Waals surface area contributed by atoms with E-state index in [1.54, 1.807) is 12.1 Å². The average Bonchev–Trinajstić information content (AvgIpc) is 2.47. The van der Waals surface area contributed by atoms with E-state index in [0.29, 0.717) is 0 Å². The van der Waals surface area contributed by atoms with E-state index in [2.05, 4.69) is 11.8 Å². The maximum atomic E-state index is 10.7. The van der Waals surface area contributed by atoms with E-state index in [1.807, 2.05) is 4.90 Å². The summed E-state index contributed by atoms with van der Waals surface area (Å²) in [6.07, 6.45) is 0. The first-order chi connectivity index (χ1) is 9.97. The van der Waals surface area contributed by atoms with Gasteiger partial charge < -0.3 is 5.11 Å². The van der Waals surface area contributed by atoms with Crippen LogP contribution in [-0.4, -0.2) is 58.5 Å². The van der Waals surface area contributed by atoms with Gasteiger partial charge in [-0.3, -0.25) is 24.7 Å². The van der Waals surface area contributed by atoms with Gasteiger partial charge in [0.1, 0.15) is 0 Å². The van der Waals surface area contributed by atoms with Crippen LogP contribution in [0.3, 0.4) is 0 Å². The van der Waals surface area contributed by atoms with E-state index in [4.69, 9.17) is 5.11 Å². The molecule has 1 unspecified atom stereocenters. The summed E-state index contributed by atoms with van der Waals surface area (Å²) in [5, 5.41) is 19.4. The van der Waals surface area contributed by atoms with Crippen LogP contribution in [0.15, 0.2) is 24.3 Å². The minimum atomic E-state index is -0.799. The van der Waals surface area contributed by atoms with Gasteiger partial charge in [0, 0.05) is 44.4 Å². The third kappa shape index (κ3) is 3.99. The van der Waals surface area contributed by atoms with Crippen molar-refractivity contribution in [3.63, 3.8) is 0 Å². The zero-order valence-corrected chi connectivity index (χ0v) is 11.9. The van der Waals surface area contributed by atoms with Crippen molar-refractivity contribution in [2.24, 2.45) is 0 Å². The molecule has 1 fully saturated rings. The third-order valence-corrected chi connectivity index (χ3v) is 3.90. The van der Waals surface area contributed by atoms with Gasteiger partial charge in [0.25, 0.3) is 5.69 Å². The summed E-state index contributed by atoms with van der Waals surface area (Å²) in [7, 11) is 0. The zero-order valence-electron chi connectivity index (χ0n) is 11.9. The summed E-state index contributed by atoms with van der Waals surface area (Å²) in [4.78, 5) is 25.1. The molecule has 0 aliphatic carbocycles. The second-order valence-electron chi connectivity index (χ2n) is 5.23. The Balaban J connectivity index is 1.93. The Labute approximate surface area is 122 Å². The fourth-order valence-electron chi connectivity index (χ4n) is 2.59. The van der Waals surface area contributed by atoms with Gasteiger partial charge in [-0.15, -0.1) is 0 Å². The van der Waals surface area contributed by atoms with Crippen LogP contribution in [0.2, 0.25) is 0 Å². The van der Waals surface area contributed by atoms with Gasteiger partial charge in [-0.05, 0) is 12.5 Å². The lowest BCUT2D eigenvalue weighted by molar-refractivity contribution is -0.384. The molecule has 0 bridgehead atoms. The first kappa shape index (κ1) is 15.4. The molecule has 2 rings (SSSR count). The topological polar surface area (TPSA) is 86.9 Å². The predicted molar refractivity (Wildman–Crippen MR) is 77.2 cm³/mol. The predicted octanol–water partition coefficient (Wildman–Crippen LogP) is 1.36. The van der Waals surface area contributed by atoms with Gasteiger partial charge in [-0.25, -0.2) is 0 Å². The van der Waals surface area contributed by atoms with Crippen molar-refractivity contribution < 1.29 is 14.8 Å². The number of carboxylic acid groups (broad SMARTS) is 1. The Bertz CT molecular complexity index is 509. The minimum absolute atomic E-state index is 0.0831. The van der Waals surface area contributed by atoms with E-state index < -0.39 is 10.9 Å². The summed E-state index contributed by atoms with van der Waals surface area (Å²) >= 11 is 0. The van der Waals surface area contributed by atoms with Crippen molar-refractivity contribution in [2.75, 3.05) is 32.7 Å². The second-order valence-corrected chi connectivity index (χ2v) is 5.23. The molecule has 7 heteroatoms. The van der Waals surface area contributed by atoms with Gasteiger partial charge >= 0.3 is 5.97 Å². The molecule has 1 N–H and O–H groups in total. The Morgan fingerprint density at radius 3 is 2.33 bits per heavy atom. The van der Waals surface area contributed by atoms with Gasteiger partial charge in [-0.2, -0.15) is 0 Å². The summed E-state index contributed by atoms with van der Waals surface area (Å²) in [6.45, 7) is 5.19. The average molecular weight is 293 g/mol. The molecule has 1 saturated heterocycles. The van der Waals surface area contributed by atoms with Crippen molar-refractivity contribution >= 4 is 11.7 Å². The number of hydrogen-bond acceptors (Lipinski definition) is 5. The molecule has 1 aromatic rings. The number of carbonyl (C=O) groups is 1. The van der Waals surface area contributed by atoms with Crippen molar-refractivity contribution in [3.8, 4) is 0 Å². The third-order valence-electron chi connectivity index (χ3n) is 3.90. The van der Waals surface area contributed by atoms with E-state index in [9.17, 15) is 14.9 Å². The van der Waals surface area contributed by atoms with Crippen molar-refractivity contribution in [2.45, 2.75) is 13.0 Å². The number of hydrogen-bond donors (Lipinski definition) is 1. The summed E-state index contributed by atoms with van der Waals surface area (Å²) in [5.74, 6) is -0.799. The number of nitro benzene ring substituents is 1. The van der Waals surface area contributed by atoms with Crippen LogP contribution >= 0.6 is 0 Å². The monoisotopic (exact) mass is 293 g/mol. The number of nitro groups is 1. The van der Waals surface area contributed by atoms with Crippen LogP contribution in [0.1, 0.15) is 18.5 Å². The Kier molecular flexibility index (Phi) is 4.87. The quantitative estimate of drug-likeness (QED) is 0.651. The Hall–Kier alpha value is -1.99. The molecule has 1 atom stereocenters. The number of carboxylic acids is 1. The Morgan fingerprint density at radius 1 is 1.29 bits per heavy atom. The standard InChI is InChI=1S/C14H19N3O4/c1-11(12-2-4-13(5-3-12)17(20)21)16-8-6-15(7-9-16)10-14(18)19/h2-5,11H,6-10H2,1H3,(H,18,19). The van der Waals surface area contributed by atoms with E-state index in [1.165, 1.54) is 12.1 Å². The molecular formula is C14H19N3O4.